The van der Waals surface area contributed by atoms with Crippen LogP contribution >= 0.6 is 0 Å². The predicted octanol–water partition coefficient (Wildman–Crippen LogP) is 2.51. The first-order valence-corrected chi connectivity index (χ1v) is 7.99. The lowest BCUT2D eigenvalue weighted by Gasteiger charge is -2.26. The summed E-state index contributed by atoms with van der Waals surface area (Å²) in [6.07, 6.45) is 0.849. The van der Waals surface area contributed by atoms with Gasteiger partial charge in [-0.25, -0.2) is 0 Å². The first kappa shape index (κ1) is 16.0. The molecule has 1 atom stereocenters. The molecule has 23 heavy (non-hydrogen) atoms. The Kier molecular flexibility index (Phi) is 5.28. The van der Waals surface area contributed by atoms with Crippen LogP contribution in [0.15, 0.2) is 54.6 Å². The maximum atomic E-state index is 9.55. The van der Waals surface area contributed by atoms with Crippen molar-refractivity contribution in [2.45, 2.75) is 25.1 Å². The minimum Gasteiger partial charge on any atom is -0.489 e. The standard InChI is InChI=1S/C19H23NO3/c21-14-19(10-11-22-15-19)20-12-16-6-8-18(9-7-16)23-13-17-4-2-1-3-5-17/h1-9,20-21H,10-15H2. The van der Waals surface area contributed by atoms with Crippen LogP contribution in [0.1, 0.15) is 17.5 Å². The molecule has 1 heterocycles. The molecular weight excluding hydrogens is 290 g/mol. The monoisotopic (exact) mass is 313 g/mol. The summed E-state index contributed by atoms with van der Waals surface area (Å²) in [5, 5.41) is 13.0. The minimum absolute atomic E-state index is 0.102. The van der Waals surface area contributed by atoms with Crippen LogP contribution in [0.5, 0.6) is 5.75 Å². The van der Waals surface area contributed by atoms with Crippen LogP contribution in [0.3, 0.4) is 0 Å². The lowest BCUT2D eigenvalue weighted by Crippen LogP contribution is -2.48. The molecule has 4 nitrogen and oxygen atoms in total. The molecule has 0 saturated carbocycles. The Morgan fingerprint density at radius 1 is 1.04 bits per heavy atom. The summed E-state index contributed by atoms with van der Waals surface area (Å²) in [7, 11) is 0. The summed E-state index contributed by atoms with van der Waals surface area (Å²) in [4.78, 5) is 0. The van der Waals surface area contributed by atoms with E-state index in [2.05, 4.69) is 17.4 Å². The fraction of sp³-hybridized carbons (Fsp3) is 0.368. The molecule has 0 aromatic heterocycles. The van der Waals surface area contributed by atoms with Gasteiger partial charge in [0.1, 0.15) is 12.4 Å². The largest absolute Gasteiger partial charge is 0.489 e. The van der Waals surface area contributed by atoms with Gasteiger partial charge < -0.3 is 19.9 Å². The highest BCUT2D eigenvalue weighted by Crippen LogP contribution is 2.19. The summed E-state index contributed by atoms with van der Waals surface area (Å²) in [5.41, 5.74) is 2.03. The van der Waals surface area contributed by atoms with E-state index in [0.29, 0.717) is 26.4 Å². The Hall–Kier alpha value is -1.88. The van der Waals surface area contributed by atoms with Crippen molar-refractivity contribution in [1.82, 2.24) is 5.32 Å². The first-order valence-electron chi connectivity index (χ1n) is 7.99. The number of benzene rings is 2. The van der Waals surface area contributed by atoms with Crippen molar-refractivity contribution in [3.63, 3.8) is 0 Å². The van der Waals surface area contributed by atoms with Gasteiger partial charge in [-0.05, 0) is 29.7 Å². The Bertz CT molecular complexity index is 592. The van der Waals surface area contributed by atoms with Gasteiger partial charge in [0.2, 0.25) is 0 Å². The molecule has 1 aliphatic rings. The fourth-order valence-corrected chi connectivity index (χ4v) is 2.66. The number of nitrogens with one attached hydrogen (secondary N) is 1. The molecule has 0 amide bonds. The Morgan fingerprint density at radius 3 is 2.48 bits per heavy atom. The van der Waals surface area contributed by atoms with E-state index in [9.17, 15) is 5.11 Å². The first-order chi connectivity index (χ1) is 11.3. The molecule has 2 aromatic rings. The molecule has 0 bridgehead atoms. The zero-order chi connectivity index (χ0) is 16.0. The Balaban J connectivity index is 1.51. The number of rotatable bonds is 7. The average molecular weight is 313 g/mol. The summed E-state index contributed by atoms with van der Waals surface area (Å²) >= 11 is 0. The third-order valence-electron chi connectivity index (χ3n) is 4.25. The van der Waals surface area contributed by atoms with Crippen LogP contribution in [-0.2, 0) is 17.9 Å². The molecule has 0 aliphatic carbocycles. The highest BCUT2D eigenvalue weighted by atomic mass is 16.5. The number of ether oxygens (including phenoxy) is 2. The van der Waals surface area contributed by atoms with Crippen LogP contribution in [0.4, 0.5) is 0 Å². The molecule has 122 valence electrons. The van der Waals surface area contributed by atoms with Crippen molar-refractivity contribution in [2.24, 2.45) is 0 Å². The normalized spacial score (nSPS) is 20.6. The van der Waals surface area contributed by atoms with Gasteiger partial charge in [0, 0.05) is 13.2 Å². The highest BCUT2D eigenvalue weighted by Gasteiger charge is 2.33. The van der Waals surface area contributed by atoms with E-state index in [1.807, 2.05) is 42.5 Å². The van der Waals surface area contributed by atoms with Crippen molar-refractivity contribution in [2.75, 3.05) is 19.8 Å². The molecule has 1 fully saturated rings. The van der Waals surface area contributed by atoms with Crippen molar-refractivity contribution < 1.29 is 14.6 Å². The second-order valence-corrected chi connectivity index (χ2v) is 6.01. The molecule has 2 N–H and O–H groups in total. The van der Waals surface area contributed by atoms with Crippen molar-refractivity contribution >= 4 is 0 Å². The quantitative estimate of drug-likeness (QED) is 0.825. The van der Waals surface area contributed by atoms with Gasteiger partial charge in [-0.1, -0.05) is 42.5 Å². The molecule has 0 radical (unpaired) electrons. The molecule has 1 unspecified atom stereocenters. The van der Waals surface area contributed by atoms with Gasteiger partial charge in [-0.15, -0.1) is 0 Å². The van der Waals surface area contributed by atoms with Gasteiger partial charge in [0.15, 0.2) is 0 Å². The second-order valence-electron chi connectivity index (χ2n) is 6.01. The van der Waals surface area contributed by atoms with Crippen molar-refractivity contribution in [1.29, 1.82) is 0 Å². The molecule has 1 saturated heterocycles. The van der Waals surface area contributed by atoms with Gasteiger partial charge in [-0.3, -0.25) is 0 Å². The van der Waals surface area contributed by atoms with E-state index in [1.54, 1.807) is 0 Å². The van der Waals surface area contributed by atoms with E-state index >= 15 is 0 Å². The molecule has 2 aromatic carbocycles. The van der Waals surface area contributed by atoms with E-state index in [0.717, 1.165) is 23.3 Å². The topological polar surface area (TPSA) is 50.7 Å². The number of aliphatic hydroxyl groups excluding tert-OH is 1. The van der Waals surface area contributed by atoms with Crippen molar-refractivity contribution in [3.8, 4) is 5.75 Å². The molecule has 3 rings (SSSR count). The van der Waals surface area contributed by atoms with Gasteiger partial charge in [0.05, 0.1) is 18.8 Å². The Morgan fingerprint density at radius 2 is 1.83 bits per heavy atom. The van der Waals surface area contributed by atoms with E-state index in [1.165, 1.54) is 0 Å². The summed E-state index contributed by atoms with van der Waals surface area (Å²) in [5.74, 6) is 0.860. The fourth-order valence-electron chi connectivity index (χ4n) is 2.66. The Labute approximate surface area is 137 Å². The minimum atomic E-state index is -0.289. The third kappa shape index (κ3) is 4.32. The van der Waals surface area contributed by atoms with Gasteiger partial charge in [-0.2, -0.15) is 0 Å². The van der Waals surface area contributed by atoms with Crippen LogP contribution in [0, 0.1) is 0 Å². The summed E-state index contributed by atoms with van der Waals surface area (Å²) in [6, 6.07) is 18.2. The highest BCUT2D eigenvalue weighted by molar-refractivity contribution is 5.28. The van der Waals surface area contributed by atoms with Crippen LogP contribution in [-0.4, -0.2) is 30.5 Å². The average Bonchev–Trinajstić information content (AvgIpc) is 3.09. The van der Waals surface area contributed by atoms with E-state index in [-0.39, 0.29) is 12.1 Å². The van der Waals surface area contributed by atoms with Crippen LogP contribution < -0.4 is 10.1 Å². The number of aliphatic hydroxyl groups is 1. The lowest BCUT2D eigenvalue weighted by atomic mass is 9.99. The van der Waals surface area contributed by atoms with Crippen LogP contribution in [0.2, 0.25) is 0 Å². The SMILES string of the molecule is OCC1(NCc2ccc(OCc3ccccc3)cc2)CCOC1. The van der Waals surface area contributed by atoms with Crippen molar-refractivity contribution in [3.05, 3.63) is 65.7 Å². The molecule has 4 heteroatoms. The zero-order valence-corrected chi connectivity index (χ0v) is 13.2. The predicted molar refractivity (Wildman–Crippen MR) is 89.3 cm³/mol. The second kappa shape index (κ2) is 7.59. The summed E-state index contributed by atoms with van der Waals surface area (Å²) < 4.78 is 11.2. The molecule has 0 spiro atoms. The molecular formula is C19H23NO3. The van der Waals surface area contributed by atoms with E-state index in [4.69, 9.17) is 9.47 Å². The molecule has 1 aliphatic heterocycles. The van der Waals surface area contributed by atoms with Crippen LogP contribution in [0.25, 0.3) is 0 Å². The maximum absolute atomic E-state index is 9.55. The zero-order valence-electron chi connectivity index (χ0n) is 13.2. The number of hydrogen-bond acceptors (Lipinski definition) is 4. The third-order valence-corrected chi connectivity index (χ3v) is 4.25. The van der Waals surface area contributed by atoms with Gasteiger partial charge >= 0.3 is 0 Å². The van der Waals surface area contributed by atoms with E-state index < -0.39 is 0 Å². The lowest BCUT2D eigenvalue weighted by molar-refractivity contribution is 0.120. The van der Waals surface area contributed by atoms with Gasteiger partial charge in [0.25, 0.3) is 0 Å². The summed E-state index contributed by atoms with van der Waals surface area (Å²) in [6.45, 7) is 2.67. The maximum Gasteiger partial charge on any atom is 0.119 e. The number of hydrogen-bond donors (Lipinski definition) is 2. The smallest absolute Gasteiger partial charge is 0.119 e.